The van der Waals surface area contributed by atoms with Gasteiger partial charge in [0.1, 0.15) is 0 Å². The first-order valence-electron chi connectivity index (χ1n) is 9.81. The Labute approximate surface area is 176 Å². The number of hydrogen-bond acceptors (Lipinski definition) is 3. The molecule has 2 amide bonds. The molecule has 154 valence electrons. The number of hydrogen-bond donors (Lipinski definition) is 2. The molecule has 1 atom stereocenters. The summed E-state index contributed by atoms with van der Waals surface area (Å²) in [5, 5.41) is 6.64. The summed E-state index contributed by atoms with van der Waals surface area (Å²) < 4.78 is 2.13. The first kappa shape index (κ1) is 21.0. The molecule has 0 saturated carbocycles. The number of aromatic nitrogens is 1. The minimum atomic E-state index is -0.804. The second-order valence-electron chi connectivity index (χ2n) is 7.31. The summed E-state index contributed by atoms with van der Waals surface area (Å²) >= 11 is 0. The number of carbonyl (C=O) groups is 2. The molecule has 3 rings (SSSR count). The molecule has 0 fully saturated rings. The molecule has 0 spiro atoms. The molecule has 0 saturated heterocycles. The molecule has 0 unspecified atom stereocenters. The van der Waals surface area contributed by atoms with Gasteiger partial charge in [-0.05, 0) is 57.0 Å². The van der Waals surface area contributed by atoms with Gasteiger partial charge in [0.25, 0.3) is 0 Å². The van der Waals surface area contributed by atoms with Crippen molar-refractivity contribution in [1.29, 1.82) is 0 Å². The Hall–Kier alpha value is -3.67. The SMILES string of the molecule is Cc1cccc(-n2c(C)cc(/C=N\NC(=O)C(=O)N[C@@H](C)c3ccccc3)c2C)c1. The zero-order valence-electron chi connectivity index (χ0n) is 17.6. The molecule has 2 aromatic carbocycles. The fourth-order valence-corrected chi connectivity index (χ4v) is 3.38. The van der Waals surface area contributed by atoms with Gasteiger partial charge < -0.3 is 9.88 Å². The Bertz CT molecular complexity index is 1080. The molecule has 0 aliphatic rings. The van der Waals surface area contributed by atoms with E-state index < -0.39 is 11.8 Å². The summed E-state index contributed by atoms with van der Waals surface area (Å²) in [6.07, 6.45) is 1.56. The third-order valence-electron chi connectivity index (χ3n) is 4.95. The average Bonchev–Trinajstić information content (AvgIpc) is 3.01. The topological polar surface area (TPSA) is 75.5 Å². The maximum atomic E-state index is 12.1. The van der Waals surface area contributed by atoms with Crippen LogP contribution in [0.5, 0.6) is 0 Å². The summed E-state index contributed by atoms with van der Waals surface area (Å²) in [6, 6.07) is 19.4. The quantitative estimate of drug-likeness (QED) is 0.388. The van der Waals surface area contributed by atoms with Crippen molar-refractivity contribution < 1.29 is 9.59 Å². The molecular weight excluding hydrogens is 376 g/mol. The highest BCUT2D eigenvalue weighted by atomic mass is 16.2. The summed E-state index contributed by atoms with van der Waals surface area (Å²) in [7, 11) is 0. The minimum absolute atomic E-state index is 0.276. The van der Waals surface area contributed by atoms with Gasteiger partial charge in [-0.25, -0.2) is 5.43 Å². The number of benzene rings is 2. The first-order chi connectivity index (χ1) is 14.4. The van der Waals surface area contributed by atoms with Gasteiger partial charge in [0.2, 0.25) is 0 Å². The van der Waals surface area contributed by atoms with Crippen molar-refractivity contribution in [3.63, 3.8) is 0 Å². The van der Waals surface area contributed by atoms with Crippen LogP contribution < -0.4 is 10.7 Å². The van der Waals surface area contributed by atoms with E-state index in [0.29, 0.717) is 0 Å². The van der Waals surface area contributed by atoms with Gasteiger partial charge in [-0.3, -0.25) is 9.59 Å². The minimum Gasteiger partial charge on any atom is -0.341 e. The Morgan fingerprint density at radius 2 is 1.70 bits per heavy atom. The molecule has 6 heteroatoms. The number of nitrogens with one attached hydrogen (secondary N) is 2. The zero-order chi connectivity index (χ0) is 21.7. The average molecular weight is 402 g/mol. The summed E-state index contributed by atoms with van der Waals surface area (Å²) in [5.74, 6) is -1.53. The number of aryl methyl sites for hydroxylation is 2. The number of hydrazone groups is 1. The van der Waals surface area contributed by atoms with Gasteiger partial charge in [0.05, 0.1) is 12.3 Å². The van der Waals surface area contributed by atoms with E-state index in [1.165, 1.54) is 5.56 Å². The fourth-order valence-electron chi connectivity index (χ4n) is 3.38. The van der Waals surface area contributed by atoms with Crippen molar-refractivity contribution in [1.82, 2.24) is 15.3 Å². The molecule has 0 radical (unpaired) electrons. The van der Waals surface area contributed by atoms with Crippen molar-refractivity contribution in [3.8, 4) is 5.69 Å². The van der Waals surface area contributed by atoms with Crippen LogP contribution in [-0.2, 0) is 9.59 Å². The lowest BCUT2D eigenvalue weighted by Gasteiger charge is -2.13. The fraction of sp³-hybridized carbons (Fsp3) is 0.208. The summed E-state index contributed by atoms with van der Waals surface area (Å²) in [5.41, 5.74) is 8.40. The van der Waals surface area contributed by atoms with E-state index in [0.717, 1.165) is 28.2 Å². The van der Waals surface area contributed by atoms with Crippen LogP contribution in [0.4, 0.5) is 0 Å². The molecule has 2 N–H and O–H groups in total. The third kappa shape index (κ3) is 4.84. The maximum absolute atomic E-state index is 12.1. The largest absolute Gasteiger partial charge is 0.341 e. The maximum Gasteiger partial charge on any atom is 0.329 e. The van der Waals surface area contributed by atoms with Gasteiger partial charge in [0.15, 0.2) is 0 Å². The predicted octanol–water partition coefficient (Wildman–Crippen LogP) is 3.73. The summed E-state index contributed by atoms with van der Waals surface area (Å²) in [4.78, 5) is 24.2. The standard InChI is InChI=1S/C24H26N4O2/c1-16-9-8-12-22(13-16)28-17(2)14-21(19(28)4)15-25-27-24(30)23(29)26-18(3)20-10-6-5-7-11-20/h5-15,18H,1-4H3,(H,26,29)(H,27,30)/b25-15-/t18-/m0/s1. The van der Waals surface area contributed by atoms with Gasteiger partial charge in [0, 0.05) is 22.6 Å². The van der Waals surface area contributed by atoms with Gasteiger partial charge in [-0.2, -0.15) is 5.10 Å². The zero-order valence-corrected chi connectivity index (χ0v) is 17.6. The van der Waals surface area contributed by atoms with E-state index in [1.807, 2.05) is 69.3 Å². The monoisotopic (exact) mass is 402 g/mol. The highest BCUT2D eigenvalue weighted by molar-refractivity contribution is 6.35. The van der Waals surface area contributed by atoms with Crippen molar-refractivity contribution in [2.24, 2.45) is 5.10 Å². The highest BCUT2D eigenvalue weighted by Crippen LogP contribution is 2.20. The van der Waals surface area contributed by atoms with Gasteiger partial charge in [-0.15, -0.1) is 0 Å². The molecule has 0 bridgehead atoms. The Kier molecular flexibility index (Phi) is 6.47. The second-order valence-corrected chi connectivity index (χ2v) is 7.31. The second kappa shape index (κ2) is 9.22. The highest BCUT2D eigenvalue weighted by Gasteiger charge is 2.16. The van der Waals surface area contributed by atoms with Crippen LogP contribution in [0.15, 0.2) is 65.8 Å². The normalized spacial score (nSPS) is 12.0. The molecule has 6 nitrogen and oxygen atoms in total. The predicted molar refractivity (Wildman–Crippen MR) is 119 cm³/mol. The lowest BCUT2D eigenvalue weighted by atomic mass is 10.1. The van der Waals surface area contributed by atoms with Crippen LogP contribution in [0.1, 0.15) is 41.0 Å². The van der Waals surface area contributed by atoms with E-state index in [2.05, 4.69) is 39.5 Å². The lowest BCUT2D eigenvalue weighted by molar-refractivity contribution is -0.139. The van der Waals surface area contributed by atoms with Crippen LogP contribution >= 0.6 is 0 Å². The van der Waals surface area contributed by atoms with E-state index in [1.54, 1.807) is 6.21 Å². The third-order valence-corrected chi connectivity index (χ3v) is 4.95. The number of amides is 2. The van der Waals surface area contributed by atoms with Crippen LogP contribution in [0.3, 0.4) is 0 Å². The smallest absolute Gasteiger partial charge is 0.329 e. The Morgan fingerprint density at radius 1 is 0.967 bits per heavy atom. The van der Waals surface area contributed by atoms with Gasteiger partial charge in [-0.1, -0.05) is 42.5 Å². The molecule has 1 aromatic heterocycles. The van der Waals surface area contributed by atoms with Gasteiger partial charge >= 0.3 is 11.8 Å². The van der Waals surface area contributed by atoms with Crippen molar-refractivity contribution >= 4 is 18.0 Å². The first-order valence-corrected chi connectivity index (χ1v) is 9.81. The van der Waals surface area contributed by atoms with Crippen molar-refractivity contribution in [3.05, 3.63) is 88.7 Å². The molecule has 30 heavy (non-hydrogen) atoms. The Morgan fingerprint density at radius 3 is 2.40 bits per heavy atom. The number of nitrogens with zero attached hydrogens (tertiary/aromatic N) is 2. The van der Waals surface area contributed by atoms with Crippen LogP contribution in [0.2, 0.25) is 0 Å². The van der Waals surface area contributed by atoms with E-state index in [4.69, 9.17) is 0 Å². The number of rotatable bonds is 5. The molecule has 3 aromatic rings. The number of carbonyl (C=O) groups excluding carboxylic acids is 2. The van der Waals surface area contributed by atoms with Crippen LogP contribution in [-0.4, -0.2) is 22.6 Å². The molecular formula is C24H26N4O2. The van der Waals surface area contributed by atoms with Crippen LogP contribution in [0, 0.1) is 20.8 Å². The van der Waals surface area contributed by atoms with E-state index in [-0.39, 0.29) is 6.04 Å². The Balaban J connectivity index is 1.64. The van der Waals surface area contributed by atoms with Crippen molar-refractivity contribution in [2.45, 2.75) is 33.7 Å². The molecule has 1 heterocycles. The van der Waals surface area contributed by atoms with E-state index in [9.17, 15) is 9.59 Å². The summed E-state index contributed by atoms with van der Waals surface area (Å²) in [6.45, 7) is 7.89. The molecule has 0 aliphatic heterocycles. The molecule has 0 aliphatic carbocycles. The van der Waals surface area contributed by atoms with E-state index >= 15 is 0 Å². The van der Waals surface area contributed by atoms with Crippen molar-refractivity contribution in [2.75, 3.05) is 0 Å². The van der Waals surface area contributed by atoms with Crippen LogP contribution in [0.25, 0.3) is 5.69 Å². The lowest BCUT2D eigenvalue weighted by Crippen LogP contribution is -2.39.